The van der Waals surface area contributed by atoms with Gasteiger partial charge in [-0.05, 0) is 20.8 Å². The minimum atomic E-state index is -0.515. The highest BCUT2D eigenvalue weighted by Gasteiger charge is 2.31. The van der Waals surface area contributed by atoms with Crippen molar-refractivity contribution in [2.75, 3.05) is 13.1 Å². The lowest BCUT2D eigenvalue weighted by molar-refractivity contribution is -0.148. The number of hydrogen-bond donors (Lipinski definition) is 0. The minimum absolute atomic E-state index is 0.240. The zero-order valence-electron chi connectivity index (χ0n) is 13.2. The van der Waals surface area contributed by atoms with E-state index < -0.39 is 5.60 Å². The van der Waals surface area contributed by atoms with Gasteiger partial charge in [0.2, 0.25) is 0 Å². The smallest absolute Gasteiger partial charge is 0.410 e. The van der Waals surface area contributed by atoms with Gasteiger partial charge in [-0.15, -0.1) is 11.3 Å². The highest BCUT2D eigenvalue weighted by Crippen LogP contribution is 2.18. The van der Waals surface area contributed by atoms with Crippen LogP contribution in [-0.4, -0.2) is 46.7 Å². The molecule has 1 amide bonds. The highest BCUT2D eigenvalue weighted by molar-refractivity contribution is 7.07. The van der Waals surface area contributed by atoms with Crippen LogP contribution in [-0.2, 0) is 20.7 Å². The van der Waals surface area contributed by atoms with E-state index in [1.807, 2.05) is 26.2 Å². The Bertz CT molecular complexity index is 510. The van der Waals surface area contributed by atoms with E-state index in [0.29, 0.717) is 32.4 Å². The number of aromatic nitrogens is 1. The van der Waals surface area contributed by atoms with Gasteiger partial charge in [0.25, 0.3) is 0 Å². The molecule has 0 unspecified atom stereocenters. The van der Waals surface area contributed by atoms with E-state index in [1.165, 1.54) is 11.3 Å². The van der Waals surface area contributed by atoms with Gasteiger partial charge in [0.05, 0.1) is 24.2 Å². The van der Waals surface area contributed by atoms with Gasteiger partial charge in [-0.3, -0.25) is 4.79 Å². The number of thiazole rings is 1. The van der Waals surface area contributed by atoms with Crippen LogP contribution in [0.1, 0.15) is 39.3 Å². The van der Waals surface area contributed by atoms with Crippen molar-refractivity contribution in [3.63, 3.8) is 0 Å². The second kappa shape index (κ2) is 7.09. The van der Waals surface area contributed by atoms with E-state index in [0.717, 1.165) is 5.69 Å². The van der Waals surface area contributed by atoms with Crippen LogP contribution in [0.4, 0.5) is 4.79 Å². The molecule has 1 aromatic heterocycles. The molecule has 7 heteroatoms. The van der Waals surface area contributed by atoms with Crippen LogP contribution in [0.3, 0.4) is 0 Å². The fourth-order valence-electron chi connectivity index (χ4n) is 2.15. The van der Waals surface area contributed by atoms with E-state index >= 15 is 0 Å². The van der Waals surface area contributed by atoms with Crippen LogP contribution < -0.4 is 0 Å². The Morgan fingerprint density at radius 1 is 1.45 bits per heavy atom. The fourth-order valence-corrected chi connectivity index (χ4v) is 2.75. The predicted molar refractivity (Wildman–Crippen MR) is 82.7 cm³/mol. The number of likely N-dealkylation sites (tertiary alicyclic amines) is 1. The first-order valence-corrected chi connectivity index (χ1v) is 8.32. The monoisotopic (exact) mass is 326 g/mol. The first kappa shape index (κ1) is 16.7. The van der Waals surface area contributed by atoms with Crippen LogP contribution in [0.25, 0.3) is 0 Å². The number of hydrogen-bond acceptors (Lipinski definition) is 6. The maximum atomic E-state index is 11.9. The largest absolute Gasteiger partial charge is 0.460 e. The molecule has 0 saturated carbocycles. The standard InChI is InChI=1S/C15H22N2O4S/c1-15(2,3)21-14(19)17-7-6-12(8-17)20-13(18)5-4-11-9-22-10-16-11/h9-10,12H,4-8H2,1-3H3/t12-/m0/s1. The van der Waals surface area contributed by atoms with Gasteiger partial charge in [0, 0.05) is 24.8 Å². The summed E-state index contributed by atoms with van der Waals surface area (Å²) in [5.41, 5.74) is 2.14. The lowest BCUT2D eigenvalue weighted by Crippen LogP contribution is -2.36. The summed E-state index contributed by atoms with van der Waals surface area (Å²) < 4.78 is 10.7. The van der Waals surface area contributed by atoms with Crippen LogP contribution in [0, 0.1) is 0 Å². The zero-order chi connectivity index (χ0) is 16.2. The summed E-state index contributed by atoms with van der Waals surface area (Å²) in [6, 6.07) is 0. The van der Waals surface area contributed by atoms with Crippen molar-refractivity contribution >= 4 is 23.4 Å². The summed E-state index contributed by atoms with van der Waals surface area (Å²) in [6.45, 7) is 6.45. The molecule has 0 aliphatic carbocycles. The van der Waals surface area contributed by atoms with Gasteiger partial charge in [0.15, 0.2) is 0 Å². The average molecular weight is 326 g/mol. The maximum absolute atomic E-state index is 11.9. The Hall–Kier alpha value is -1.63. The summed E-state index contributed by atoms with van der Waals surface area (Å²) in [5, 5.41) is 1.92. The molecule has 1 fully saturated rings. The number of carbonyl (C=O) groups is 2. The van der Waals surface area contributed by atoms with Crippen molar-refractivity contribution in [2.24, 2.45) is 0 Å². The highest BCUT2D eigenvalue weighted by atomic mass is 32.1. The van der Waals surface area contributed by atoms with Gasteiger partial charge in [-0.25, -0.2) is 9.78 Å². The molecule has 0 N–H and O–H groups in total. The third-order valence-corrected chi connectivity index (χ3v) is 3.80. The molecule has 6 nitrogen and oxygen atoms in total. The molecular formula is C15H22N2O4S. The number of rotatable bonds is 4. The van der Waals surface area contributed by atoms with E-state index in [2.05, 4.69) is 4.98 Å². The van der Waals surface area contributed by atoms with Crippen molar-refractivity contribution in [1.82, 2.24) is 9.88 Å². The minimum Gasteiger partial charge on any atom is -0.460 e. The van der Waals surface area contributed by atoms with Gasteiger partial charge in [-0.1, -0.05) is 0 Å². The number of aryl methyl sites for hydroxylation is 1. The summed E-state index contributed by atoms with van der Waals surface area (Å²) >= 11 is 1.51. The van der Waals surface area contributed by atoms with Crippen LogP contribution in [0.5, 0.6) is 0 Å². The Kier molecular flexibility index (Phi) is 5.39. The lowest BCUT2D eigenvalue weighted by Gasteiger charge is -2.24. The van der Waals surface area contributed by atoms with Crippen molar-refractivity contribution in [3.8, 4) is 0 Å². The zero-order valence-corrected chi connectivity index (χ0v) is 14.0. The van der Waals surface area contributed by atoms with E-state index in [4.69, 9.17) is 9.47 Å². The molecule has 2 heterocycles. The molecule has 1 atom stereocenters. The van der Waals surface area contributed by atoms with Gasteiger partial charge in [0.1, 0.15) is 11.7 Å². The van der Waals surface area contributed by atoms with Crippen molar-refractivity contribution in [2.45, 2.75) is 51.7 Å². The van der Waals surface area contributed by atoms with Crippen molar-refractivity contribution in [1.29, 1.82) is 0 Å². The van der Waals surface area contributed by atoms with Gasteiger partial charge in [-0.2, -0.15) is 0 Å². The number of esters is 1. The van der Waals surface area contributed by atoms with Gasteiger partial charge < -0.3 is 14.4 Å². The summed E-state index contributed by atoms with van der Waals surface area (Å²) in [7, 11) is 0. The topological polar surface area (TPSA) is 68.7 Å². The SMILES string of the molecule is CC(C)(C)OC(=O)N1CC[C@H](OC(=O)CCc2cscn2)C1. The quantitative estimate of drug-likeness (QED) is 0.796. The molecule has 2 rings (SSSR count). The molecular weight excluding hydrogens is 304 g/mol. The van der Waals surface area contributed by atoms with E-state index in [1.54, 1.807) is 10.4 Å². The maximum Gasteiger partial charge on any atom is 0.410 e. The van der Waals surface area contributed by atoms with Crippen LogP contribution >= 0.6 is 11.3 Å². The molecule has 0 bridgehead atoms. The predicted octanol–water partition coefficient (Wildman–Crippen LogP) is 2.63. The molecule has 1 aliphatic rings. The van der Waals surface area contributed by atoms with E-state index in [9.17, 15) is 9.59 Å². The molecule has 122 valence electrons. The fraction of sp³-hybridized carbons (Fsp3) is 0.667. The Morgan fingerprint density at radius 2 is 2.23 bits per heavy atom. The second-order valence-corrected chi connectivity index (χ2v) is 7.03. The number of nitrogens with zero attached hydrogens (tertiary/aromatic N) is 2. The first-order valence-electron chi connectivity index (χ1n) is 7.38. The third kappa shape index (κ3) is 5.29. The number of ether oxygens (including phenoxy) is 2. The van der Waals surface area contributed by atoms with Gasteiger partial charge >= 0.3 is 12.1 Å². The Labute approximate surface area is 134 Å². The second-order valence-electron chi connectivity index (χ2n) is 6.31. The lowest BCUT2D eigenvalue weighted by atomic mass is 10.2. The molecule has 22 heavy (non-hydrogen) atoms. The number of amides is 1. The van der Waals surface area contributed by atoms with Crippen molar-refractivity contribution < 1.29 is 19.1 Å². The molecule has 0 aromatic carbocycles. The Morgan fingerprint density at radius 3 is 2.86 bits per heavy atom. The van der Waals surface area contributed by atoms with Crippen LogP contribution in [0.15, 0.2) is 10.9 Å². The third-order valence-electron chi connectivity index (χ3n) is 3.16. The summed E-state index contributed by atoms with van der Waals surface area (Å²) in [5.74, 6) is -0.246. The van der Waals surface area contributed by atoms with Crippen molar-refractivity contribution in [3.05, 3.63) is 16.6 Å². The molecule has 1 saturated heterocycles. The molecule has 1 aliphatic heterocycles. The normalized spacial score (nSPS) is 18.3. The summed E-state index contributed by atoms with van der Waals surface area (Å²) in [6.07, 6.45) is 0.961. The van der Waals surface area contributed by atoms with Crippen LogP contribution in [0.2, 0.25) is 0 Å². The van der Waals surface area contributed by atoms with E-state index in [-0.39, 0.29) is 18.2 Å². The average Bonchev–Trinajstić information content (AvgIpc) is 3.05. The number of carbonyl (C=O) groups excluding carboxylic acids is 2. The molecule has 1 aromatic rings. The molecule has 0 radical (unpaired) electrons. The first-order chi connectivity index (χ1) is 10.3. The summed E-state index contributed by atoms with van der Waals surface area (Å²) in [4.78, 5) is 29.5. The molecule has 0 spiro atoms. The Balaban J connectivity index is 1.71.